The van der Waals surface area contributed by atoms with E-state index < -0.39 is 41.6 Å². The van der Waals surface area contributed by atoms with Crippen molar-refractivity contribution in [3.63, 3.8) is 0 Å². The van der Waals surface area contributed by atoms with Gasteiger partial charge in [-0.3, -0.25) is 14.4 Å². The van der Waals surface area contributed by atoms with Crippen LogP contribution in [0.5, 0.6) is 0 Å². The highest BCUT2D eigenvalue weighted by atomic mass is 79.9. The lowest BCUT2D eigenvalue weighted by Crippen LogP contribution is -2.59. The molecule has 182 valence electrons. The number of esters is 1. The largest absolute Gasteiger partial charge is 0.466 e. The fourth-order valence-electron chi connectivity index (χ4n) is 5.92. The van der Waals surface area contributed by atoms with Gasteiger partial charge >= 0.3 is 5.97 Å². The monoisotopic (exact) mass is 516 g/mol. The van der Waals surface area contributed by atoms with Gasteiger partial charge in [0, 0.05) is 10.9 Å². The third-order valence-corrected chi connectivity index (χ3v) is 7.84. The second kappa shape index (κ2) is 9.97. The van der Waals surface area contributed by atoms with Crippen molar-refractivity contribution < 1.29 is 29.0 Å². The van der Waals surface area contributed by atoms with Gasteiger partial charge in [0.1, 0.15) is 11.6 Å². The summed E-state index contributed by atoms with van der Waals surface area (Å²) in [6.07, 6.45) is 2.20. The second-order valence-corrected chi connectivity index (χ2v) is 11.0. The molecular weight excluding hydrogens is 480 g/mol. The molecule has 1 spiro atoms. The molecule has 2 N–H and O–H groups in total. The van der Waals surface area contributed by atoms with Crippen LogP contribution >= 0.6 is 15.9 Å². The van der Waals surface area contributed by atoms with E-state index in [4.69, 9.17) is 9.47 Å². The van der Waals surface area contributed by atoms with Crippen molar-refractivity contribution in [2.45, 2.75) is 95.0 Å². The van der Waals surface area contributed by atoms with Crippen molar-refractivity contribution in [3.05, 3.63) is 0 Å². The number of aliphatic hydroxyl groups excluding tert-OH is 1. The molecule has 3 aliphatic heterocycles. The number of fused-ring (bicyclic) bond motifs is 1. The number of carbonyl (C=O) groups excluding carboxylic acids is 3. The van der Waals surface area contributed by atoms with E-state index in [0.717, 1.165) is 12.8 Å². The van der Waals surface area contributed by atoms with E-state index in [-0.39, 0.29) is 41.8 Å². The fraction of sp³-hybridized carbons (Fsp3) is 0.870. The Hall–Kier alpha value is -1.19. The predicted molar refractivity (Wildman–Crippen MR) is 122 cm³/mol. The molecule has 0 aliphatic carbocycles. The minimum atomic E-state index is -1.12. The Morgan fingerprint density at radius 1 is 1.34 bits per heavy atom. The molecule has 0 aromatic rings. The first kappa shape index (κ1) is 25.4. The smallest absolute Gasteiger partial charge is 0.312 e. The van der Waals surface area contributed by atoms with Crippen molar-refractivity contribution in [1.29, 1.82) is 0 Å². The third-order valence-electron chi connectivity index (χ3n) is 6.99. The molecule has 3 rings (SSSR count). The lowest BCUT2D eigenvalue weighted by atomic mass is 9.70. The zero-order valence-electron chi connectivity index (χ0n) is 19.7. The van der Waals surface area contributed by atoms with Crippen molar-refractivity contribution in [2.24, 2.45) is 17.8 Å². The maximum absolute atomic E-state index is 13.8. The Labute approximate surface area is 198 Å². The zero-order valence-corrected chi connectivity index (χ0v) is 21.3. The number of hydrogen-bond acceptors (Lipinski definition) is 6. The number of nitrogens with one attached hydrogen (secondary N) is 1. The van der Waals surface area contributed by atoms with Gasteiger partial charge in [-0.1, -0.05) is 43.1 Å². The molecule has 3 heterocycles. The van der Waals surface area contributed by atoms with Crippen LogP contribution in [0.4, 0.5) is 0 Å². The first-order chi connectivity index (χ1) is 15.1. The molecule has 4 unspecified atom stereocenters. The number of alkyl halides is 1. The van der Waals surface area contributed by atoms with Gasteiger partial charge in [0.15, 0.2) is 0 Å². The van der Waals surface area contributed by atoms with Crippen LogP contribution in [0.15, 0.2) is 0 Å². The molecule has 0 aromatic carbocycles. The summed E-state index contributed by atoms with van der Waals surface area (Å²) >= 11 is 3.63. The highest BCUT2D eigenvalue weighted by Gasteiger charge is 2.77. The molecule has 3 aliphatic rings. The van der Waals surface area contributed by atoms with Crippen molar-refractivity contribution in [3.8, 4) is 0 Å². The molecule has 0 radical (unpaired) electrons. The molecule has 2 bridgehead atoms. The summed E-state index contributed by atoms with van der Waals surface area (Å²) in [5, 5.41) is 13.2. The van der Waals surface area contributed by atoms with E-state index >= 15 is 0 Å². The predicted octanol–water partition coefficient (Wildman–Crippen LogP) is 2.01. The maximum atomic E-state index is 13.8. The standard InChI is InChI=1S/C23H37BrN2O6/c1-6-8-13(5)25-20(28)19-23-10-15(24)18(32-23)16(22(30)31-7-2)17(23)21(29)26(19)14(11-27)9-12(3)4/h12-19,27H,6-11H2,1-5H3,(H,25,28)/t13?,14-,15?,16+,17+,18+,19?,23?/m1/s1. The van der Waals surface area contributed by atoms with E-state index in [1.54, 1.807) is 6.92 Å². The van der Waals surface area contributed by atoms with Gasteiger partial charge in [0.2, 0.25) is 11.8 Å². The molecule has 8 atom stereocenters. The second-order valence-electron chi connectivity index (χ2n) is 9.83. The molecule has 9 heteroatoms. The van der Waals surface area contributed by atoms with Crippen LogP contribution in [-0.4, -0.2) is 75.7 Å². The van der Waals surface area contributed by atoms with E-state index in [1.807, 2.05) is 27.7 Å². The van der Waals surface area contributed by atoms with Crippen LogP contribution in [0.3, 0.4) is 0 Å². The molecule has 8 nitrogen and oxygen atoms in total. The zero-order chi connectivity index (χ0) is 23.8. The lowest BCUT2D eigenvalue weighted by molar-refractivity contribution is -0.155. The van der Waals surface area contributed by atoms with Gasteiger partial charge in [0.25, 0.3) is 0 Å². The summed E-state index contributed by atoms with van der Waals surface area (Å²) in [5.41, 5.74) is -1.12. The van der Waals surface area contributed by atoms with Gasteiger partial charge in [-0.15, -0.1) is 0 Å². The van der Waals surface area contributed by atoms with Crippen molar-refractivity contribution in [2.75, 3.05) is 13.2 Å². The maximum Gasteiger partial charge on any atom is 0.312 e. The Bertz CT molecular complexity index is 733. The Morgan fingerprint density at radius 3 is 2.59 bits per heavy atom. The van der Waals surface area contributed by atoms with Crippen molar-refractivity contribution >= 4 is 33.7 Å². The molecule has 2 amide bonds. The number of aliphatic hydroxyl groups is 1. The number of nitrogens with zero attached hydrogens (tertiary/aromatic N) is 1. The normalized spacial score (nSPS) is 35.2. The molecule has 0 saturated carbocycles. The Balaban J connectivity index is 2.05. The fourth-order valence-corrected chi connectivity index (χ4v) is 6.86. The third kappa shape index (κ3) is 4.20. The highest BCUT2D eigenvalue weighted by Crippen LogP contribution is 2.60. The van der Waals surface area contributed by atoms with Gasteiger partial charge < -0.3 is 24.8 Å². The number of carbonyl (C=O) groups is 3. The van der Waals surface area contributed by atoms with Crippen LogP contribution in [0.1, 0.15) is 60.3 Å². The van der Waals surface area contributed by atoms with Gasteiger partial charge in [-0.25, -0.2) is 0 Å². The molecular formula is C23H37BrN2O6. The van der Waals surface area contributed by atoms with E-state index in [2.05, 4.69) is 21.2 Å². The number of rotatable bonds is 10. The van der Waals surface area contributed by atoms with E-state index in [9.17, 15) is 19.5 Å². The topological polar surface area (TPSA) is 105 Å². The summed E-state index contributed by atoms with van der Waals surface area (Å²) in [7, 11) is 0. The van der Waals surface area contributed by atoms with Crippen LogP contribution in [0, 0.1) is 17.8 Å². The van der Waals surface area contributed by atoms with Gasteiger partial charge in [-0.2, -0.15) is 0 Å². The Kier molecular flexibility index (Phi) is 7.93. The molecule has 3 fully saturated rings. The number of amides is 2. The first-order valence-corrected chi connectivity index (χ1v) is 12.8. The summed E-state index contributed by atoms with van der Waals surface area (Å²) in [5.74, 6) is -2.40. The molecule has 0 aromatic heterocycles. The number of likely N-dealkylation sites (tertiary alicyclic amines) is 1. The lowest BCUT2D eigenvalue weighted by Gasteiger charge is -2.37. The minimum Gasteiger partial charge on any atom is -0.466 e. The number of ether oxygens (including phenoxy) is 2. The van der Waals surface area contributed by atoms with Crippen LogP contribution in [0.2, 0.25) is 0 Å². The Morgan fingerprint density at radius 2 is 2.03 bits per heavy atom. The average molecular weight is 517 g/mol. The van der Waals surface area contributed by atoms with Gasteiger partial charge in [0.05, 0.1) is 37.2 Å². The number of halogens is 1. The van der Waals surface area contributed by atoms with Crippen molar-refractivity contribution in [1.82, 2.24) is 10.2 Å². The first-order valence-electron chi connectivity index (χ1n) is 11.8. The number of hydrogen-bond donors (Lipinski definition) is 2. The quantitative estimate of drug-likeness (QED) is 0.340. The van der Waals surface area contributed by atoms with Gasteiger partial charge in [-0.05, 0) is 39.0 Å². The minimum absolute atomic E-state index is 0.0585. The van der Waals surface area contributed by atoms with Crippen LogP contribution in [0.25, 0.3) is 0 Å². The average Bonchev–Trinajstić information content (AvgIpc) is 3.29. The van der Waals surface area contributed by atoms with E-state index in [0.29, 0.717) is 12.8 Å². The summed E-state index contributed by atoms with van der Waals surface area (Å²) in [6.45, 7) is 9.69. The van der Waals surface area contributed by atoms with Crippen LogP contribution in [-0.2, 0) is 23.9 Å². The molecule has 3 saturated heterocycles. The highest BCUT2D eigenvalue weighted by molar-refractivity contribution is 9.09. The summed E-state index contributed by atoms with van der Waals surface area (Å²) in [6, 6.07) is -1.49. The van der Waals surface area contributed by atoms with Crippen LogP contribution < -0.4 is 5.32 Å². The molecule has 32 heavy (non-hydrogen) atoms. The SMILES string of the molecule is CCCC(C)NC(=O)C1N([C@@H](CO)CC(C)C)C(=O)[C@@H]2[C@H](C(=O)OCC)[C@H]3OC12CC3Br. The van der Waals surface area contributed by atoms with E-state index in [1.165, 1.54) is 4.90 Å². The summed E-state index contributed by atoms with van der Waals surface area (Å²) < 4.78 is 11.7. The summed E-state index contributed by atoms with van der Waals surface area (Å²) in [4.78, 5) is 41.7.